The molecule has 2 amide bonds. The lowest BCUT2D eigenvalue weighted by atomic mass is 10.1. The molecule has 0 radical (unpaired) electrons. The molecule has 2 aromatic rings. The zero-order valence-electron chi connectivity index (χ0n) is 15.7. The third kappa shape index (κ3) is 5.96. The Hall–Kier alpha value is -2.60. The average Bonchev–Trinajstić information content (AvgIpc) is 2.66. The first-order valence-corrected chi connectivity index (χ1v) is 9.38. The summed E-state index contributed by atoms with van der Waals surface area (Å²) >= 11 is 3.40. The third-order valence-corrected chi connectivity index (χ3v) is 4.52. The number of nitrogens with one attached hydrogen (secondary N) is 1. The predicted octanol–water partition coefficient (Wildman–Crippen LogP) is 4.13. The SMILES string of the molecule is CCc1ccccc1NC(=O)CN(C)C(=O)/C=C/c1cc(Br)ccc1OC. The summed E-state index contributed by atoms with van der Waals surface area (Å²) in [5.74, 6) is 0.162. The van der Waals surface area contributed by atoms with Crippen molar-refractivity contribution < 1.29 is 14.3 Å². The molecule has 0 heterocycles. The zero-order chi connectivity index (χ0) is 19.8. The molecule has 0 bridgehead atoms. The number of likely N-dealkylation sites (N-methyl/N-ethyl adjacent to an activating group) is 1. The average molecular weight is 431 g/mol. The van der Waals surface area contributed by atoms with Crippen molar-refractivity contribution in [2.75, 3.05) is 26.0 Å². The van der Waals surface area contributed by atoms with E-state index in [1.807, 2.05) is 49.4 Å². The normalized spacial score (nSPS) is 10.7. The van der Waals surface area contributed by atoms with Crippen LogP contribution in [-0.4, -0.2) is 37.4 Å². The number of carbonyl (C=O) groups is 2. The number of hydrogen-bond donors (Lipinski definition) is 1. The van der Waals surface area contributed by atoms with Gasteiger partial charge in [0.05, 0.1) is 13.7 Å². The van der Waals surface area contributed by atoms with Gasteiger partial charge >= 0.3 is 0 Å². The molecule has 5 nitrogen and oxygen atoms in total. The van der Waals surface area contributed by atoms with Gasteiger partial charge in [0.2, 0.25) is 11.8 Å². The van der Waals surface area contributed by atoms with E-state index in [1.54, 1.807) is 20.2 Å². The fourth-order valence-electron chi connectivity index (χ4n) is 2.56. The van der Waals surface area contributed by atoms with E-state index in [0.717, 1.165) is 27.7 Å². The Bertz CT molecular complexity index is 849. The number of methoxy groups -OCH3 is 1. The molecule has 0 aliphatic heterocycles. The number of ether oxygens (including phenoxy) is 1. The number of para-hydroxylation sites is 1. The zero-order valence-corrected chi connectivity index (χ0v) is 17.2. The summed E-state index contributed by atoms with van der Waals surface area (Å²) in [4.78, 5) is 25.9. The minimum Gasteiger partial charge on any atom is -0.496 e. The molecule has 2 aromatic carbocycles. The Morgan fingerprint density at radius 3 is 2.67 bits per heavy atom. The number of aryl methyl sites for hydroxylation is 1. The smallest absolute Gasteiger partial charge is 0.246 e. The molecule has 0 saturated carbocycles. The number of hydrogen-bond acceptors (Lipinski definition) is 3. The van der Waals surface area contributed by atoms with Crippen molar-refractivity contribution in [2.24, 2.45) is 0 Å². The molecule has 6 heteroatoms. The first-order chi connectivity index (χ1) is 12.9. The molecule has 0 spiro atoms. The molecule has 0 aliphatic carbocycles. The van der Waals surface area contributed by atoms with Gasteiger partial charge in [-0.15, -0.1) is 0 Å². The van der Waals surface area contributed by atoms with Crippen LogP contribution in [0.3, 0.4) is 0 Å². The second-order valence-corrected chi connectivity index (χ2v) is 6.89. The van der Waals surface area contributed by atoms with Crippen molar-refractivity contribution in [3.8, 4) is 5.75 Å². The molecule has 0 unspecified atom stereocenters. The van der Waals surface area contributed by atoms with Gasteiger partial charge in [-0.3, -0.25) is 9.59 Å². The highest BCUT2D eigenvalue weighted by atomic mass is 79.9. The van der Waals surface area contributed by atoms with Crippen molar-refractivity contribution in [2.45, 2.75) is 13.3 Å². The second kappa shape index (κ2) is 9.92. The topological polar surface area (TPSA) is 58.6 Å². The molecular formula is C21H23BrN2O3. The van der Waals surface area contributed by atoms with Gasteiger partial charge in [-0.05, 0) is 42.3 Å². The van der Waals surface area contributed by atoms with E-state index in [4.69, 9.17) is 4.74 Å². The van der Waals surface area contributed by atoms with Gasteiger partial charge in [0.25, 0.3) is 0 Å². The molecule has 0 aromatic heterocycles. The van der Waals surface area contributed by atoms with Gasteiger partial charge in [-0.25, -0.2) is 0 Å². The summed E-state index contributed by atoms with van der Waals surface area (Å²) in [6, 6.07) is 13.2. The van der Waals surface area contributed by atoms with Crippen LogP contribution in [0.2, 0.25) is 0 Å². The number of nitrogens with zero attached hydrogens (tertiary/aromatic N) is 1. The van der Waals surface area contributed by atoms with E-state index in [2.05, 4.69) is 21.2 Å². The van der Waals surface area contributed by atoms with Crippen LogP contribution in [0.25, 0.3) is 6.08 Å². The van der Waals surface area contributed by atoms with Crippen molar-refractivity contribution >= 4 is 39.5 Å². The summed E-state index contributed by atoms with van der Waals surface area (Å²) in [5, 5.41) is 2.86. The summed E-state index contributed by atoms with van der Waals surface area (Å²) in [6.45, 7) is 2.00. The summed E-state index contributed by atoms with van der Waals surface area (Å²) in [5.41, 5.74) is 2.61. The number of rotatable bonds is 7. The van der Waals surface area contributed by atoms with Crippen molar-refractivity contribution in [1.82, 2.24) is 4.90 Å². The lowest BCUT2D eigenvalue weighted by Crippen LogP contribution is -2.34. The van der Waals surface area contributed by atoms with Gasteiger partial charge in [-0.1, -0.05) is 41.1 Å². The molecule has 27 heavy (non-hydrogen) atoms. The van der Waals surface area contributed by atoms with Crippen LogP contribution < -0.4 is 10.1 Å². The second-order valence-electron chi connectivity index (χ2n) is 5.97. The standard InChI is InChI=1S/C21H23BrN2O3/c1-4-15-7-5-6-8-18(15)23-20(25)14-24(2)21(26)12-9-16-13-17(22)10-11-19(16)27-3/h5-13H,4,14H2,1-3H3,(H,23,25)/b12-9+. The monoisotopic (exact) mass is 430 g/mol. The molecule has 0 fully saturated rings. The van der Waals surface area contributed by atoms with E-state index >= 15 is 0 Å². The highest BCUT2D eigenvalue weighted by Crippen LogP contribution is 2.24. The minimum atomic E-state index is -0.268. The van der Waals surface area contributed by atoms with Crippen molar-refractivity contribution in [1.29, 1.82) is 0 Å². The molecule has 142 valence electrons. The summed E-state index contributed by atoms with van der Waals surface area (Å²) in [7, 11) is 3.17. The van der Waals surface area contributed by atoms with Crippen LogP contribution in [0.4, 0.5) is 5.69 Å². The third-order valence-electron chi connectivity index (χ3n) is 4.03. The molecule has 1 N–H and O–H groups in total. The van der Waals surface area contributed by atoms with E-state index in [9.17, 15) is 9.59 Å². The lowest BCUT2D eigenvalue weighted by Gasteiger charge is -2.16. The quantitative estimate of drug-likeness (QED) is 0.671. The van der Waals surface area contributed by atoms with Crippen LogP contribution in [0.15, 0.2) is 53.0 Å². The Labute approximate surface area is 168 Å². The van der Waals surface area contributed by atoms with Gasteiger partial charge in [0, 0.05) is 28.8 Å². The van der Waals surface area contributed by atoms with Crippen LogP contribution in [-0.2, 0) is 16.0 Å². The Morgan fingerprint density at radius 1 is 1.22 bits per heavy atom. The van der Waals surface area contributed by atoms with Crippen LogP contribution in [0.5, 0.6) is 5.75 Å². The molecule has 0 aliphatic rings. The highest BCUT2D eigenvalue weighted by molar-refractivity contribution is 9.10. The number of halogens is 1. The summed E-state index contributed by atoms with van der Waals surface area (Å²) in [6.07, 6.45) is 3.92. The van der Waals surface area contributed by atoms with Crippen molar-refractivity contribution in [3.05, 3.63) is 64.1 Å². The molecular weight excluding hydrogens is 408 g/mol. The maximum Gasteiger partial charge on any atom is 0.246 e. The van der Waals surface area contributed by atoms with E-state index in [0.29, 0.717) is 5.75 Å². The summed E-state index contributed by atoms with van der Waals surface area (Å²) < 4.78 is 6.17. The fourth-order valence-corrected chi connectivity index (χ4v) is 2.94. The van der Waals surface area contributed by atoms with Gasteiger partial charge in [0.15, 0.2) is 0 Å². The first kappa shape index (κ1) is 20.7. The number of carbonyl (C=O) groups excluding carboxylic acids is 2. The molecule has 0 atom stereocenters. The maximum absolute atomic E-state index is 12.3. The molecule has 0 saturated heterocycles. The van der Waals surface area contributed by atoms with E-state index < -0.39 is 0 Å². The van der Waals surface area contributed by atoms with Crippen molar-refractivity contribution in [3.63, 3.8) is 0 Å². The van der Waals surface area contributed by atoms with Gasteiger partial charge in [-0.2, -0.15) is 0 Å². The fraction of sp³-hybridized carbons (Fsp3) is 0.238. The Balaban J connectivity index is 1.99. The molecule has 2 rings (SSSR count). The Kier molecular flexibility index (Phi) is 7.61. The lowest BCUT2D eigenvalue weighted by molar-refractivity contribution is -0.129. The maximum atomic E-state index is 12.3. The number of amides is 2. The van der Waals surface area contributed by atoms with Crippen LogP contribution in [0, 0.1) is 0 Å². The minimum absolute atomic E-state index is 0.0309. The largest absolute Gasteiger partial charge is 0.496 e. The first-order valence-electron chi connectivity index (χ1n) is 8.59. The van der Waals surface area contributed by atoms with Crippen LogP contribution in [0.1, 0.15) is 18.1 Å². The number of anilines is 1. The highest BCUT2D eigenvalue weighted by Gasteiger charge is 2.12. The van der Waals surface area contributed by atoms with Gasteiger partial charge < -0.3 is 15.0 Å². The van der Waals surface area contributed by atoms with E-state index in [-0.39, 0.29) is 18.4 Å². The van der Waals surface area contributed by atoms with E-state index in [1.165, 1.54) is 11.0 Å². The van der Waals surface area contributed by atoms with Gasteiger partial charge in [0.1, 0.15) is 5.75 Å². The predicted molar refractivity (Wildman–Crippen MR) is 112 cm³/mol. The van der Waals surface area contributed by atoms with Crippen LogP contribution >= 0.6 is 15.9 Å². The Morgan fingerprint density at radius 2 is 1.96 bits per heavy atom. The number of benzene rings is 2.